The van der Waals surface area contributed by atoms with E-state index in [1.54, 1.807) is 0 Å². The van der Waals surface area contributed by atoms with Crippen molar-refractivity contribution >= 4 is 0 Å². The third-order valence-electron chi connectivity index (χ3n) is 0.657. The van der Waals surface area contributed by atoms with Crippen molar-refractivity contribution in [2.75, 3.05) is 7.11 Å². The van der Waals surface area contributed by atoms with Crippen molar-refractivity contribution in [3.05, 3.63) is 24.2 Å². The van der Waals surface area contributed by atoms with Gasteiger partial charge in [0.25, 0.3) is 0 Å². The van der Waals surface area contributed by atoms with Gasteiger partial charge in [-0.3, -0.25) is 0 Å². The van der Waals surface area contributed by atoms with E-state index in [-0.39, 0.29) is 0 Å². The number of allylic oxidation sites excluding steroid dienone is 1. The smallest absolute Gasteiger partial charge is 0.309 e. The van der Waals surface area contributed by atoms with Gasteiger partial charge in [-0.15, -0.1) is 0 Å². The topological polar surface area (TPSA) is 9.23 Å². The summed E-state index contributed by atoms with van der Waals surface area (Å²) in [5.74, 6) is -2.35. The summed E-state index contributed by atoms with van der Waals surface area (Å²) in [6.45, 7) is 2.86. The van der Waals surface area contributed by atoms with Gasteiger partial charge in [0.15, 0.2) is 5.76 Å². The molecule has 0 spiro atoms. The van der Waals surface area contributed by atoms with Gasteiger partial charge in [0.2, 0.25) is 5.83 Å². The molecule has 9 heavy (non-hydrogen) atoms. The Kier molecular flexibility index (Phi) is 2.84. The molecule has 0 aliphatic carbocycles. The highest BCUT2D eigenvalue weighted by Gasteiger charge is 2.08. The summed E-state index contributed by atoms with van der Waals surface area (Å²) in [7, 11) is 1.06. The van der Waals surface area contributed by atoms with Crippen molar-refractivity contribution in [2.24, 2.45) is 0 Å². The largest absolute Gasteiger partial charge is 0.494 e. The standard InChI is InChI=1S/C5H5F3O/c1-3(9-2)4(6)5(7)8/h1H2,2H3. The van der Waals surface area contributed by atoms with Crippen molar-refractivity contribution < 1.29 is 17.9 Å². The van der Waals surface area contributed by atoms with Crippen LogP contribution in [0.15, 0.2) is 24.2 Å². The fourth-order valence-corrected chi connectivity index (χ4v) is 0.195. The quantitative estimate of drug-likeness (QED) is 0.420. The summed E-state index contributed by atoms with van der Waals surface area (Å²) in [5, 5.41) is 0. The number of methoxy groups -OCH3 is 1. The lowest BCUT2D eigenvalue weighted by molar-refractivity contribution is 0.269. The fourth-order valence-electron chi connectivity index (χ4n) is 0.195. The molecule has 0 fully saturated rings. The lowest BCUT2D eigenvalue weighted by atomic mass is 10.5. The molecule has 52 valence electrons. The molecule has 0 aromatic carbocycles. The number of ether oxygens (including phenoxy) is 1. The third-order valence-corrected chi connectivity index (χ3v) is 0.657. The number of hydrogen-bond donors (Lipinski definition) is 0. The summed E-state index contributed by atoms with van der Waals surface area (Å²) in [6, 6.07) is 0. The summed E-state index contributed by atoms with van der Waals surface area (Å²) < 4.78 is 38.3. The van der Waals surface area contributed by atoms with Gasteiger partial charge in [-0.25, -0.2) is 0 Å². The van der Waals surface area contributed by atoms with Crippen LogP contribution in [0.4, 0.5) is 13.2 Å². The lowest BCUT2D eigenvalue weighted by Gasteiger charge is -1.96. The van der Waals surface area contributed by atoms with Gasteiger partial charge in [-0.05, 0) is 0 Å². The molecular formula is C5H5F3O. The summed E-state index contributed by atoms with van der Waals surface area (Å²) >= 11 is 0. The van der Waals surface area contributed by atoms with Crippen LogP contribution in [0.1, 0.15) is 0 Å². The monoisotopic (exact) mass is 138 g/mol. The summed E-state index contributed by atoms with van der Waals surface area (Å²) in [4.78, 5) is 0. The van der Waals surface area contributed by atoms with Crippen LogP contribution in [-0.4, -0.2) is 7.11 Å². The first-order chi connectivity index (χ1) is 4.09. The Morgan fingerprint density at radius 3 is 1.89 bits per heavy atom. The molecule has 0 saturated carbocycles. The molecule has 0 heterocycles. The zero-order chi connectivity index (χ0) is 7.44. The summed E-state index contributed by atoms with van der Waals surface area (Å²) in [6.07, 6.45) is -2.41. The van der Waals surface area contributed by atoms with Crippen LogP contribution in [0.3, 0.4) is 0 Å². The van der Waals surface area contributed by atoms with E-state index in [9.17, 15) is 13.2 Å². The van der Waals surface area contributed by atoms with Gasteiger partial charge < -0.3 is 4.74 Å². The summed E-state index contributed by atoms with van der Waals surface area (Å²) in [5.41, 5.74) is 0. The van der Waals surface area contributed by atoms with Gasteiger partial charge in [0, 0.05) is 0 Å². The molecule has 4 heteroatoms. The first-order valence-corrected chi connectivity index (χ1v) is 2.03. The van der Waals surface area contributed by atoms with Gasteiger partial charge in [0.05, 0.1) is 7.11 Å². The van der Waals surface area contributed by atoms with Gasteiger partial charge in [-0.1, -0.05) is 6.58 Å². The predicted octanol–water partition coefficient (Wildman–Crippen LogP) is 2.22. The van der Waals surface area contributed by atoms with Crippen LogP contribution < -0.4 is 0 Å². The second-order valence-electron chi connectivity index (χ2n) is 1.20. The second-order valence-corrected chi connectivity index (χ2v) is 1.20. The first kappa shape index (κ1) is 8.07. The molecule has 0 saturated heterocycles. The molecule has 0 atom stereocenters. The van der Waals surface area contributed by atoms with Crippen LogP contribution >= 0.6 is 0 Å². The van der Waals surface area contributed by atoms with Crippen molar-refractivity contribution in [1.29, 1.82) is 0 Å². The van der Waals surface area contributed by atoms with Crippen LogP contribution in [0.2, 0.25) is 0 Å². The first-order valence-electron chi connectivity index (χ1n) is 2.03. The molecule has 1 nitrogen and oxygen atoms in total. The van der Waals surface area contributed by atoms with Gasteiger partial charge in [0.1, 0.15) is 0 Å². The minimum atomic E-state index is -2.41. The minimum Gasteiger partial charge on any atom is -0.494 e. The Balaban J connectivity index is 4.21. The number of rotatable bonds is 2. The lowest BCUT2D eigenvalue weighted by Crippen LogP contribution is -1.85. The van der Waals surface area contributed by atoms with Crippen LogP contribution in [0.5, 0.6) is 0 Å². The van der Waals surface area contributed by atoms with E-state index in [4.69, 9.17) is 0 Å². The van der Waals surface area contributed by atoms with E-state index >= 15 is 0 Å². The molecule has 0 aromatic heterocycles. The predicted molar refractivity (Wildman–Crippen MR) is 26.5 cm³/mol. The van der Waals surface area contributed by atoms with E-state index in [1.165, 1.54) is 0 Å². The zero-order valence-corrected chi connectivity index (χ0v) is 4.75. The average Bonchev–Trinajstić information content (AvgIpc) is 1.84. The average molecular weight is 138 g/mol. The third kappa shape index (κ3) is 2.21. The maximum Gasteiger partial charge on any atom is 0.309 e. The van der Waals surface area contributed by atoms with Crippen LogP contribution in [0.25, 0.3) is 0 Å². The highest BCUT2D eigenvalue weighted by molar-refractivity contribution is 5.15. The van der Waals surface area contributed by atoms with Crippen molar-refractivity contribution in [3.8, 4) is 0 Å². The molecule has 0 amide bonds. The molecular weight excluding hydrogens is 133 g/mol. The van der Waals surface area contributed by atoms with Gasteiger partial charge in [-0.2, -0.15) is 13.2 Å². The normalized spacial score (nSPS) is 8.44. The van der Waals surface area contributed by atoms with E-state index in [0.717, 1.165) is 7.11 Å². The van der Waals surface area contributed by atoms with Crippen molar-refractivity contribution in [1.82, 2.24) is 0 Å². The van der Waals surface area contributed by atoms with E-state index in [0.29, 0.717) is 0 Å². The maximum atomic E-state index is 11.8. The van der Waals surface area contributed by atoms with Gasteiger partial charge >= 0.3 is 6.08 Å². The molecule has 0 bridgehead atoms. The Hall–Kier alpha value is -0.930. The van der Waals surface area contributed by atoms with Crippen molar-refractivity contribution in [3.63, 3.8) is 0 Å². The minimum absolute atomic E-state index is 0.657. The Morgan fingerprint density at radius 2 is 1.78 bits per heavy atom. The molecule has 0 aliphatic rings. The Bertz CT molecular complexity index is 146. The van der Waals surface area contributed by atoms with Crippen LogP contribution in [-0.2, 0) is 4.74 Å². The van der Waals surface area contributed by atoms with Crippen LogP contribution in [0, 0.1) is 0 Å². The SMILES string of the molecule is C=C(OC)C(F)=C(F)F. The molecule has 0 aromatic rings. The number of halogens is 3. The molecule has 0 unspecified atom stereocenters. The Labute approximate surface area is 50.4 Å². The fraction of sp³-hybridized carbons (Fsp3) is 0.200. The highest BCUT2D eigenvalue weighted by Crippen LogP contribution is 2.16. The Morgan fingerprint density at radius 1 is 1.33 bits per heavy atom. The maximum absolute atomic E-state index is 11.8. The molecule has 0 radical (unpaired) electrons. The molecule has 0 N–H and O–H groups in total. The van der Waals surface area contributed by atoms with E-state index < -0.39 is 17.7 Å². The molecule has 0 rings (SSSR count). The van der Waals surface area contributed by atoms with E-state index in [1.807, 2.05) is 0 Å². The van der Waals surface area contributed by atoms with E-state index in [2.05, 4.69) is 11.3 Å². The van der Waals surface area contributed by atoms with Crippen molar-refractivity contribution in [2.45, 2.75) is 0 Å². The molecule has 0 aliphatic heterocycles. The zero-order valence-electron chi connectivity index (χ0n) is 4.75. The highest BCUT2D eigenvalue weighted by atomic mass is 19.3. The number of hydrogen-bond acceptors (Lipinski definition) is 1. The second kappa shape index (κ2) is 3.17.